The van der Waals surface area contributed by atoms with Crippen molar-refractivity contribution >= 4 is 11.1 Å². The molecular formula is C11H15O4S-. The van der Waals surface area contributed by atoms with Gasteiger partial charge in [0.2, 0.25) is 0 Å². The van der Waals surface area contributed by atoms with E-state index in [1.807, 2.05) is 0 Å². The van der Waals surface area contributed by atoms with Crippen molar-refractivity contribution in [3.63, 3.8) is 0 Å². The van der Waals surface area contributed by atoms with Crippen LogP contribution in [-0.4, -0.2) is 25.7 Å². The van der Waals surface area contributed by atoms with E-state index in [4.69, 9.17) is 4.74 Å². The molecule has 1 aromatic carbocycles. The molecule has 4 nitrogen and oxygen atoms in total. The molecule has 1 aromatic rings. The molecule has 0 radical (unpaired) electrons. The van der Waals surface area contributed by atoms with E-state index in [0.29, 0.717) is 18.8 Å². The molecule has 0 heterocycles. The lowest BCUT2D eigenvalue weighted by Gasteiger charge is -2.15. The van der Waals surface area contributed by atoms with Crippen molar-refractivity contribution in [3.8, 4) is 11.5 Å². The highest BCUT2D eigenvalue weighted by Gasteiger charge is 2.03. The van der Waals surface area contributed by atoms with E-state index in [9.17, 15) is 13.9 Å². The number of benzene rings is 1. The van der Waals surface area contributed by atoms with Crippen molar-refractivity contribution in [1.29, 1.82) is 0 Å². The SMILES string of the molecule is Cc1cc(OCCC(C)S(=O)[O-])ccc1O. The smallest absolute Gasteiger partial charge is 0.119 e. The Kier molecular flexibility index (Phi) is 4.76. The first-order valence-electron chi connectivity index (χ1n) is 5.01. The van der Waals surface area contributed by atoms with Gasteiger partial charge in [0.1, 0.15) is 11.5 Å². The van der Waals surface area contributed by atoms with Crippen molar-refractivity contribution in [2.75, 3.05) is 6.61 Å². The Morgan fingerprint density at radius 3 is 2.81 bits per heavy atom. The van der Waals surface area contributed by atoms with Gasteiger partial charge in [0.25, 0.3) is 0 Å². The van der Waals surface area contributed by atoms with Crippen LogP contribution in [0, 0.1) is 6.92 Å². The summed E-state index contributed by atoms with van der Waals surface area (Å²) in [5, 5.41) is 8.89. The van der Waals surface area contributed by atoms with Gasteiger partial charge in [0.05, 0.1) is 6.61 Å². The van der Waals surface area contributed by atoms with E-state index in [0.717, 1.165) is 5.56 Å². The standard InChI is InChI=1S/C11H16O4S/c1-8-7-10(3-4-11(8)12)15-6-5-9(2)16(13)14/h3-4,7,9,12H,5-6H2,1-2H3,(H,13,14)/p-1. The van der Waals surface area contributed by atoms with Crippen molar-refractivity contribution in [3.05, 3.63) is 23.8 Å². The van der Waals surface area contributed by atoms with Crippen molar-refractivity contribution in [2.24, 2.45) is 0 Å². The molecule has 0 amide bonds. The third-order valence-corrected chi connectivity index (χ3v) is 3.18. The summed E-state index contributed by atoms with van der Waals surface area (Å²) in [7, 11) is 0. The van der Waals surface area contributed by atoms with Gasteiger partial charge >= 0.3 is 0 Å². The molecule has 0 saturated heterocycles. The van der Waals surface area contributed by atoms with Crippen LogP contribution < -0.4 is 4.74 Å². The second-order valence-electron chi connectivity index (χ2n) is 3.66. The largest absolute Gasteiger partial charge is 0.772 e. The van der Waals surface area contributed by atoms with Gasteiger partial charge in [-0.2, -0.15) is 0 Å². The molecule has 1 N–H and O–H groups in total. The molecule has 0 saturated carbocycles. The maximum atomic E-state index is 10.6. The molecular weight excluding hydrogens is 228 g/mol. The van der Waals surface area contributed by atoms with Crippen LogP contribution in [0.1, 0.15) is 18.9 Å². The maximum Gasteiger partial charge on any atom is 0.119 e. The third-order valence-electron chi connectivity index (χ3n) is 2.29. The first-order chi connectivity index (χ1) is 7.50. The molecule has 5 heteroatoms. The fourth-order valence-electron chi connectivity index (χ4n) is 1.16. The first-order valence-corrected chi connectivity index (χ1v) is 6.15. The minimum atomic E-state index is -2.05. The molecule has 0 aromatic heterocycles. The summed E-state index contributed by atoms with van der Waals surface area (Å²) in [6, 6.07) is 4.93. The summed E-state index contributed by atoms with van der Waals surface area (Å²) in [4.78, 5) is 0. The van der Waals surface area contributed by atoms with Gasteiger partial charge in [0.15, 0.2) is 0 Å². The monoisotopic (exact) mass is 243 g/mol. The van der Waals surface area contributed by atoms with Gasteiger partial charge in [-0.05, 0) is 37.1 Å². The molecule has 16 heavy (non-hydrogen) atoms. The van der Waals surface area contributed by atoms with Crippen molar-refractivity contribution < 1.29 is 18.6 Å². The van der Waals surface area contributed by atoms with E-state index in [1.54, 1.807) is 32.0 Å². The highest BCUT2D eigenvalue weighted by molar-refractivity contribution is 7.79. The highest BCUT2D eigenvalue weighted by atomic mass is 32.2. The predicted octanol–water partition coefficient (Wildman–Crippen LogP) is 1.74. The Balaban J connectivity index is 2.43. The number of phenols is 1. The number of hydrogen-bond donors (Lipinski definition) is 1. The summed E-state index contributed by atoms with van der Waals surface area (Å²) in [5.41, 5.74) is 0.734. The topological polar surface area (TPSA) is 69.6 Å². The highest BCUT2D eigenvalue weighted by Crippen LogP contribution is 2.21. The zero-order valence-electron chi connectivity index (χ0n) is 9.30. The van der Waals surface area contributed by atoms with Crippen LogP contribution in [0.5, 0.6) is 11.5 Å². The number of phenolic OH excluding ortho intramolecular Hbond substituents is 1. The normalized spacial score (nSPS) is 14.4. The van der Waals surface area contributed by atoms with Crippen LogP contribution in [-0.2, 0) is 11.1 Å². The fraction of sp³-hybridized carbons (Fsp3) is 0.455. The van der Waals surface area contributed by atoms with Crippen LogP contribution in [0.25, 0.3) is 0 Å². The molecule has 2 atom stereocenters. The second kappa shape index (κ2) is 5.86. The maximum absolute atomic E-state index is 10.6. The van der Waals surface area contributed by atoms with E-state index in [2.05, 4.69) is 0 Å². The second-order valence-corrected chi connectivity index (χ2v) is 4.98. The van der Waals surface area contributed by atoms with Gasteiger partial charge in [-0.1, -0.05) is 18.0 Å². The molecule has 0 spiro atoms. The average Bonchev–Trinajstić information content (AvgIpc) is 2.23. The molecule has 0 aliphatic carbocycles. The minimum Gasteiger partial charge on any atom is -0.772 e. The van der Waals surface area contributed by atoms with Gasteiger partial charge in [-0.25, -0.2) is 0 Å². The summed E-state index contributed by atoms with van der Waals surface area (Å²) in [5.74, 6) is 0.862. The Morgan fingerprint density at radius 1 is 1.56 bits per heavy atom. The molecule has 0 bridgehead atoms. The van der Waals surface area contributed by atoms with Crippen molar-refractivity contribution in [1.82, 2.24) is 0 Å². The fourth-order valence-corrected chi connectivity index (χ4v) is 1.45. The molecule has 0 fully saturated rings. The van der Waals surface area contributed by atoms with Gasteiger partial charge in [-0.15, -0.1) is 0 Å². The summed E-state index contributed by atoms with van der Waals surface area (Å²) < 4.78 is 26.5. The van der Waals surface area contributed by atoms with Crippen LogP contribution in [0.3, 0.4) is 0 Å². The predicted molar refractivity (Wildman–Crippen MR) is 61.3 cm³/mol. The Bertz CT molecular complexity index is 378. The van der Waals surface area contributed by atoms with Crippen molar-refractivity contribution in [2.45, 2.75) is 25.5 Å². The quantitative estimate of drug-likeness (QED) is 0.800. The number of aryl methyl sites for hydroxylation is 1. The number of hydrogen-bond acceptors (Lipinski definition) is 4. The molecule has 2 unspecified atom stereocenters. The zero-order chi connectivity index (χ0) is 12.1. The molecule has 90 valence electrons. The molecule has 0 aliphatic heterocycles. The van der Waals surface area contributed by atoms with Crippen LogP contribution >= 0.6 is 0 Å². The van der Waals surface area contributed by atoms with Crippen LogP contribution in [0.15, 0.2) is 18.2 Å². The van der Waals surface area contributed by atoms with E-state index < -0.39 is 16.3 Å². The van der Waals surface area contributed by atoms with Gasteiger partial charge < -0.3 is 14.4 Å². The lowest BCUT2D eigenvalue weighted by atomic mass is 10.2. The van der Waals surface area contributed by atoms with E-state index in [-0.39, 0.29) is 5.75 Å². The van der Waals surface area contributed by atoms with Crippen LogP contribution in [0.2, 0.25) is 0 Å². The van der Waals surface area contributed by atoms with E-state index >= 15 is 0 Å². The Hall–Kier alpha value is -1.07. The Morgan fingerprint density at radius 2 is 2.25 bits per heavy atom. The van der Waals surface area contributed by atoms with Gasteiger partial charge in [0, 0.05) is 5.25 Å². The number of rotatable bonds is 5. The minimum absolute atomic E-state index is 0.223. The van der Waals surface area contributed by atoms with Gasteiger partial charge in [-0.3, -0.25) is 4.21 Å². The lowest BCUT2D eigenvalue weighted by Crippen LogP contribution is -2.14. The van der Waals surface area contributed by atoms with E-state index in [1.165, 1.54) is 0 Å². The molecule has 0 aliphatic rings. The summed E-state index contributed by atoms with van der Waals surface area (Å²) in [6.45, 7) is 3.76. The first kappa shape index (κ1) is 13.0. The number of aromatic hydroxyl groups is 1. The summed E-state index contributed by atoms with van der Waals surface area (Å²) >= 11 is -2.05. The molecule has 1 rings (SSSR count). The lowest BCUT2D eigenvalue weighted by molar-refractivity contribution is 0.308. The zero-order valence-corrected chi connectivity index (χ0v) is 10.1. The number of ether oxygens (including phenoxy) is 1. The summed E-state index contributed by atoms with van der Waals surface area (Å²) in [6.07, 6.45) is 0.454. The average molecular weight is 243 g/mol. The Labute approximate surface area is 97.5 Å². The van der Waals surface area contributed by atoms with Crippen LogP contribution in [0.4, 0.5) is 0 Å². The third kappa shape index (κ3) is 3.83.